The Kier molecular flexibility index (Phi) is 8.03. The second kappa shape index (κ2) is 10.3. The Labute approximate surface area is 200 Å². The molecular formula is C30H55NO. The molecule has 2 N–H and O–H groups in total. The molecule has 0 spiro atoms. The maximum absolute atomic E-state index is 6.25. The van der Waals surface area contributed by atoms with Crippen LogP contribution in [-0.4, -0.2) is 19.3 Å². The zero-order valence-corrected chi connectivity index (χ0v) is 22.2. The molecule has 0 amide bonds. The van der Waals surface area contributed by atoms with Gasteiger partial charge in [-0.25, -0.2) is 0 Å². The molecule has 4 rings (SSSR count). The van der Waals surface area contributed by atoms with E-state index in [0.717, 1.165) is 61.0 Å². The predicted molar refractivity (Wildman–Crippen MR) is 136 cm³/mol. The zero-order chi connectivity index (χ0) is 22.9. The van der Waals surface area contributed by atoms with Crippen molar-refractivity contribution in [3.05, 3.63) is 0 Å². The minimum atomic E-state index is 0.507. The normalized spacial score (nSPS) is 44.7. The Balaban J connectivity index is 1.39. The van der Waals surface area contributed by atoms with Crippen LogP contribution in [0.1, 0.15) is 118 Å². The van der Waals surface area contributed by atoms with E-state index in [0.29, 0.717) is 16.9 Å². The lowest BCUT2D eigenvalue weighted by Gasteiger charge is -2.61. The van der Waals surface area contributed by atoms with E-state index in [1.165, 1.54) is 77.0 Å². The minimum absolute atomic E-state index is 0.507. The van der Waals surface area contributed by atoms with Crippen LogP contribution in [0.4, 0.5) is 0 Å². The topological polar surface area (TPSA) is 35.2 Å². The van der Waals surface area contributed by atoms with E-state index in [-0.39, 0.29) is 0 Å². The summed E-state index contributed by atoms with van der Waals surface area (Å²) < 4.78 is 6.25. The van der Waals surface area contributed by atoms with Crippen LogP contribution in [0.2, 0.25) is 0 Å². The number of rotatable bonds is 9. The van der Waals surface area contributed by atoms with Crippen LogP contribution < -0.4 is 5.73 Å². The predicted octanol–water partition coefficient (Wildman–Crippen LogP) is 7.84. The van der Waals surface area contributed by atoms with E-state index in [4.69, 9.17) is 10.5 Å². The summed E-state index contributed by atoms with van der Waals surface area (Å²) in [4.78, 5) is 0. The van der Waals surface area contributed by atoms with Crippen LogP contribution in [0.3, 0.4) is 0 Å². The van der Waals surface area contributed by atoms with Crippen LogP contribution in [0.15, 0.2) is 0 Å². The Hall–Kier alpha value is -0.0800. The molecule has 0 heterocycles. The van der Waals surface area contributed by atoms with E-state index in [1.54, 1.807) is 0 Å². The van der Waals surface area contributed by atoms with Crippen molar-refractivity contribution in [1.29, 1.82) is 0 Å². The molecule has 2 nitrogen and oxygen atoms in total. The van der Waals surface area contributed by atoms with Gasteiger partial charge in [-0.15, -0.1) is 0 Å². The molecule has 0 aromatic heterocycles. The van der Waals surface area contributed by atoms with Gasteiger partial charge in [0, 0.05) is 6.61 Å². The second-order valence-corrected chi connectivity index (χ2v) is 13.6. The number of hydrogen-bond donors (Lipinski definition) is 1. The molecule has 0 bridgehead atoms. The third-order valence-corrected chi connectivity index (χ3v) is 11.5. The highest BCUT2D eigenvalue weighted by atomic mass is 16.5. The Morgan fingerprint density at radius 3 is 2.34 bits per heavy atom. The molecule has 7 unspecified atom stereocenters. The van der Waals surface area contributed by atoms with E-state index >= 15 is 0 Å². The first-order chi connectivity index (χ1) is 15.3. The lowest BCUT2D eigenvalue weighted by molar-refractivity contribution is -0.136. The van der Waals surface area contributed by atoms with Crippen molar-refractivity contribution >= 4 is 0 Å². The van der Waals surface area contributed by atoms with Gasteiger partial charge in [0.1, 0.15) is 0 Å². The third-order valence-electron chi connectivity index (χ3n) is 11.5. The third kappa shape index (κ3) is 4.71. The molecule has 4 fully saturated rings. The molecule has 0 aliphatic heterocycles. The highest BCUT2D eigenvalue weighted by molar-refractivity contribution is 5.09. The Morgan fingerprint density at radius 2 is 1.59 bits per heavy atom. The van der Waals surface area contributed by atoms with Crippen molar-refractivity contribution < 1.29 is 4.74 Å². The molecule has 0 aromatic carbocycles. The average Bonchev–Trinajstić information content (AvgIpc) is 3.11. The SMILES string of the molecule is CC(C)CCC[C@@H](C)C1CCC2C3CCC4CC(OCCCN)CCC4(C)C3CC[C@@]21C. The van der Waals surface area contributed by atoms with Crippen LogP contribution in [0.25, 0.3) is 0 Å². The van der Waals surface area contributed by atoms with Crippen molar-refractivity contribution in [2.75, 3.05) is 13.2 Å². The van der Waals surface area contributed by atoms with E-state index in [1.807, 2.05) is 0 Å². The van der Waals surface area contributed by atoms with Crippen molar-refractivity contribution in [3.8, 4) is 0 Å². The number of fused-ring (bicyclic) bond motifs is 5. The summed E-state index contributed by atoms with van der Waals surface area (Å²) >= 11 is 0. The Bertz CT molecular complexity index is 604. The van der Waals surface area contributed by atoms with Crippen LogP contribution in [0.5, 0.6) is 0 Å². The molecule has 32 heavy (non-hydrogen) atoms. The van der Waals surface area contributed by atoms with Crippen LogP contribution in [-0.2, 0) is 4.74 Å². The number of nitrogens with two attached hydrogens (primary N) is 1. The van der Waals surface area contributed by atoms with Gasteiger partial charge < -0.3 is 10.5 Å². The molecule has 4 aliphatic rings. The average molecular weight is 446 g/mol. The van der Waals surface area contributed by atoms with Crippen LogP contribution in [0, 0.1) is 52.3 Å². The molecule has 186 valence electrons. The van der Waals surface area contributed by atoms with Gasteiger partial charge in [-0.2, -0.15) is 0 Å². The number of ether oxygens (including phenoxy) is 1. The summed E-state index contributed by atoms with van der Waals surface area (Å²) in [5.41, 5.74) is 6.89. The first-order valence-corrected chi connectivity index (χ1v) is 14.6. The summed E-state index contributed by atoms with van der Waals surface area (Å²) in [5.74, 6) is 6.68. The summed E-state index contributed by atoms with van der Waals surface area (Å²) in [6.45, 7) is 14.4. The summed E-state index contributed by atoms with van der Waals surface area (Å²) in [6, 6.07) is 0. The van der Waals surface area contributed by atoms with Gasteiger partial charge in [0.05, 0.1) is 6.10 Å². The molecular weight excluding hydrogens is 390 g/mol. The lowest BCUT2D eigenvalue weighted by Crippen LogP contribution is -2.54. The molecule has 0 saturated heterocycles. The summed E-state index contributed by atoms with van der Waals surface area (Å²) in [7, 11) is 0. The maximum Gasteiger partial charge on any atom is 0.0578 e. The fourth-order valence-corrected chi connectivity index (χ4v) is 9.73. The van der Waals surface area contributed by atoms with Crippen molar-refractivity contribution in [3.63, 3.8) is 0 Å². The fraction of sp³-hybridized carbons (Fsp3) is 1.00. The van der Waals surface area contributed by atoms with Gasteiger partial charge in [0.15, 0.2) is 0 Å². The molecule has 2 heteroatoms. The van der Waals surface area contributed by atoms with Crippen molar-refractivity contribution in [1.82, 2.24) is 0 Å². The fourth-order valence-electron chi connectivity index (χ4n) is 9.73. The first-order valence-electron chi connectivity index (χ1n) is 14.6. The lowest BCUT2D eigenvalue weighted by atomic mass is 9.44. The van der Waals surface area contributed by atoms with Crippen LogP contribution >= 0.6 is 0 Å². The molecule has 0 radical (unpaired) electrons. The van der Waals surface area contributed by atoms with Gasteiger partial charge in [-0.3, -0.25) is 0 Å². The molecule has 4 aliphatic carbocycles. The molecule has 4 saturated carbocycles. The van der Waals surface area contributed by atoms with Gasteiger partial charge in [0.2, 0.25) is 0 Å². The highest BCUT2D eigenvalue weighted by Crippen LogP contribution is 2.68. The smallest absolute Gasteiger partial charge is 0.0578 e. The zero-order valence-electron chi connectivity index (χ0n) is 22.2. The minimum Gasteiger partial charge on any atom is -0.378 e. The highest BCUT2D eigenvalue weighted by Gasteiger charge is 2.60. The van der Waals surface area contributed by atoms with Gasteiger partial charge in [-0.05, 0) is 123 Å². The molecule has 9 atom stereocenters. The maximum atomic E-state index is 6.25. The largest absolute Gasteiger partial charge is 0.378 e. The first kappa shape index (κ1) is 25.0. The van der Waals surface area contributed by atoms with Crippen molar-refractivity contribution in [2.45, 2.75) is 124 Å². The van der Waals surface area contributed by atoms with Gasteiger partial charge in [-0.1, -0.05) is 53.9 Å². The number of hydrogen-bond acceptors (Lipinski definition) is 2. The van der Waals surface area contributed by atoms with E-state index in [2.05, 4.69) is 34.6 Å². The van der Waals surface area contributed by atoms with Gasteiger partial charge >= 0.3 is 0 Å². The van der Waals surface area contributed by atoms with Crippen molar-refractivity contribution in [2.24, 2.45) is 58.0 Å². The van der Waals surface area contributed by atoms with E-state index in [9.17, 15) is 0 Å². The second-order valence-electron chi connectivity index (χ2n) is 13.6. The van der Waals surface area contributed by atoms with E-state index < -0.39 is 0 Å². The summed E-state index contributed by atoms with van der Waals surface area (Å²) in [6.07, 6.45) is 18.9. The molecule has 0 aromatic rings. The quantitative estimate of drug-likeness (QED) is 0.367. The Morgan fingerprint density at radius 1 is 0.844 bits per heavy atom. The summed E-state index contributed by atoms with van der Waals surface area (Å²) in [5, 5.41) is 0. The standard InChI is InChI=1S/C30H55NO/c1-21(2)8-6-9-22(3)26-12-13-27-25-11-10-23-20-24(32-19-7-18-31)14-16-29(23,4)28(25)15-17-30(26,27)5/h21-28H,6-20,31H2,1-5H3/t22-,23?,24?,25?,26?,27?,28?,29?,30-/m1/s1. The van der Waals surface area contributed by atoms with Gasteiger partial charge in [0.25, 0.3) is 0 Å². The monoisotopic (exact) mass is 445 g/mol.